The second kappa shape index (κ2) is 12.9. The molecule has 0 spiro atoms. The second-order valence-corrected chi connectivity index (χ2v) is 5.56. The van der Waals surface area contributed by atoms with Crippen LogP contribution in [0.2, 0.25) is 0 Å². The zero-order chi connectivity index (χ0) is 19.5. The van der Waals surface area contributed by atoms with Gasteiger partial charge in [-0.1, -0.05) is 30.9 Å². The fourth-order valence-electron chi connectivity index (χ4n) is 2.46. The molecular weight excluding hydrogens is 469 g/mol. The number of ether oxygens (including phenoxy) is 3. The van der Waals surface area contributed by atoms with Gasteiger partial charge in [0, 0.05) is 30.9 Å². The van der Waals surface area contributed by atoms with Crippen LogP contribution in [0.15, 0.2) is 60.1 Å². The Morgan fingerprint density at radius 1 is 1.11 bits per heavy atom. The molecule has 28 heavy (non-hydrogen) atoms. The monoisotopic (exact) mass is 497 g/mol. The largest absolute Gasteiger partial charge is 0.493 e. The zero-order valence-corrected chi connectivity index (χ0v) is 18.9. The third-order valence-electron chi connectivity index (χ3n) is 3.73. The Morgan fingerprint density at radius 3 is 2.57 bits per heavy atom. The van der Waals surface area contributed by atoms with E-state index in [0.717, 1.165) is 17.0 Å². The van der Waals surface area contributed by atoms with Gasteiger partial charge in [-0.3, -0.25) is 4.99 Å². The highest BCUT2D eigenvalue weighted by Gasteiger charge is 2.08. The van der Waals surface area contributed by atoms with Gasteiger partial charge in [-0.25, -0.2) is 0 Å². The van der Waals surface area contributed by atoms with Gasteiger partial charge in [0.15, 0.2) is 17.5 Å². The number of halogens is 1. The lowest BCUT2D eigenvalue weighted by Crippen LogP contribution is -2.30. The Labute approximate surface area is 184 Å². The summed E-state index contributed by atoms with van der Waals surface area (Å²) in [6.45, 7) is 7.22. The smallest absolute Gasteiger partial charge is 0.195 e. The Hall–Kier alpha value is -2.42. The summed E-state index contributed by atoms with van der Waals surface area (Å²) in [5, 5.41) is 6.55. The number of hydrogen-bond donors (Lipinski definition) is 2. The standard InChI is InChI=1S/C21H27N3O3.HI/c1-5-13-27-18-10-8-7-9-16(18)15-23-21(22-3)24-17-11-12-19(25-4)20(14-17)26-6-2;/h5,7-12,14H,1,6,13,15H2,2-4H3,(H2,22,23,24);1H. The molecule has 2 N–H and O–H groups in total. The Kier molecular flexibility index (Phi) is 10.9. The van der Waals surface area contributed by atoms with Crippen LogP contribution in [0.25, 0.3) is 0 Å². The lowest BCUT2D eigenvalue weighted by atomic mass is 10.2. The average Bonchev–Trinajstić information content (AvgIpc) is 2.70. The Balaban J connectivity index is 0.00000392. The molecule has 0 bridgehead atoms. The molecule has 0 aliphatic rings. The normalized spacial score (nSPS) is 10.5. The molecule has 0 atom stereocenters. The van der Waals surface area contributed by atoms with Crippen LogP contribution in [0.4, 0.5) is 5.69 Å². The minimum atomic E-state index is 0. The van der Waals surface area contributed by atoms with Crippen LogP contribution in [-0.2, 0) is 6.54 Å². The van der Waals surface area contributed by atoms with Crippen molar-refractivity contribution in [2.75, 3.05) is 32.7 Å². The first kappa shape index (κ1) is 23.6. The topological polar surface area (TPSA) is 64.1 Å². The molecule has 0 saturated heterocycles. The van der Waals surface area contributed by atoms with Crippen molar-refractivity contribution in [3.05, 3.63) is 60.7 Å². The summed E-state index contributed by atoms with van der Waals surface area (Å²) >= 11 is 0. The first-order valence-electron chi connectivity index (χ1n) is 8.81. The predicted molar refractivity (Wildman–Crippen MR) is 126 cm³/mol. The number of nitrogens with zero attached hydrogens (tertiary/aromatic N) is 1. The molecule has 0 unspecified atom stereocenters. The quantitative estimate of drug-likeness (QED) is 0.232. The summed E-state index contributed by atoms with van der Waals surface area (Å²) in [6, 6.07) is 13.5. The summed E-state index contributed by atoms with van der Waals surface area (Å²) in [4.78, 5) is 4.27. The number of methoxy groups -OCH3 is 1. The van der Waals surface area contributed by atoms with E-state index in [4.69, 9.17) is 14.2 Å². The first-order chi connectivity index (χ1) is 13.2. The van der Waals surface area contributed by atoms with E-state index in [1.807, 2.05) is 49.4 Å². The molecular formula is C21H28IN3O3. The van der Waals surface area contributed by atoms with Gasteiger partial charge in [-0.05, 0) is 25.1 Å². The molecule has 0 aromatic heterocycles. The van der Waals surface area contributed by atoms with Crippen molar-refractivity contribution in [2.24, 2.45) is 4.99 Å². The lowest BCUT2D eigenvalue weighted by Gasteiger charge is -2.16. The lowest BCUT2D eigenvalue weighted by molar-refractivity contribution is 0.311. The number of benzene rings is 2. The summed E-state index contributed by atoms with van der Waals surface area (Å²) < 4.78 is 16.6. The number of aliphatic imine (C=N–C) groups is 1. The van der Waals surface area contributed by atoms with Gasteiger partial charge in [0.2, 0.25) is 0 Å². The fourth-order valence-corrected chi connectivity index (χ4v) is 2.46. The maximum absolute atomic E-state index is 5.69. The van der Waals surface area contributed by atoms with Crippen molar-refractivity contribution in [2.45, 2.75) is 13.5 Å². The van der Waals surface area contributed by atoms with Crippen LogP contribution in [-0.4, -0.2) is 33.3 Å². The summed E-state index contributed by atoms with van der Waals surface area (Å²) in [5.74, 6) is 2.84. The average molecular weight is 497 g/mol. The fraction of sp³-hybridized carbons (Fsp3) is 0.286. The van der Waals surface area contributed by atoms with Gasteiger partial charge in [0.25, 0.3) is 0 Å². The molecule has 0 heterocycles. The van der Waals surface area contributed by atoms with Crippen molar-refractivity contribution >= 4 is 35.6 Å². The Bertz CT molecular complexity index is 781. The van der Waals surface area contributed by atoms with E-state index in [9.17, 15) is 0 Å². The third kappa shape index (κ3) is 6.95. The van der Waals surface area contributed by atoms with Gasteiger partial charge in [-0.2, -0.15) is 0 Å². The number of nitrogens with one attached hydrogen (secondary N) is 2. The van der Waals surface area contributed by atoms with E-state index in [-0.39, 0.29) is 24.0 Å². The van der Waals surface area contributed by atoms with Gasteiger partial charge in [0.05, 0.1) is 13.7 Å². The van der Waals surface area contributed by atoms with Crippen LogP contribution >= 0.6 is 24.0 Å². The van der Waals surface area contributed by atoms with Crippen LogP contribution in [0.1, 0.15) is 12.5 Å². The summed E-state index contributed by atoms with van der Waals surface area (Å²) in [6.07, 6.45) is 1.73. The van der Waals surface area contributed by atoms with Crippen LogP contribution in [0.5, 0.6) is 17.2 Å². The van der Waals surface area contributed by atoms with Crippen molar-refractivity contribution in [3.63, 3.8) is 0 Å². The minimum absolute atomic E-state index is 0. The molecule has 152 valence electrons. The molecule has 0 aliphatic carbocycles. The van der Waals surface area contributed by atoms with Gasteiger partial charge >= 0.3 is 0 Å². The summed E-state index contributed by atoms with van der Waals surface area (Å²) in [7, 11) is 3.35. The van der Waals surface area contributed by atoms with E-state index >= 15 is 0 Å². The molecule has 0 fully saturated rings. The molecule has 0 radical (unpaired) electrons. The van der Waals surface area contributed by atoms with Gasteiger partial charge in [0.1, 0.15) is 12.4 Å². The molecule has 6 nitrogen and oxygen atoms in total. The maximum atomic E-state index is 5.69. The number of guanidine groups is 1. The van der Waals surface area contributed by atoms with Crippen molar-refractivity contribution in [1.29, 1.82) is 0 Å². The first-order valence-corrected chi connectivity index (χ1v) is 8.81. The highest BCUT2D eigenvalue weighted by Crippen LogP contribution is 2.30. The van der Waals surface area contributed by atoms with E-state index in [1.165, 1.54) is 0 Å². The number of anilines is 1. The number of para-hydroxylation sites is 1. The Morgan fingerprint density at radius 2 is 1.89 bits per heavy atom. The van der Waals surface area contributed by atoms with Crippen LogP contribution in [0, 0.1) is 0 Å². The van der Waals surface area contributed by atoms with Crippen LogP contribution < -0.4 is 24.8 Å². The van der Waals surface area contributed by atoms with E-state index in [2.05, 4.69) is 22.2 Å². The molecule has 0 amide bonds. The number of rotatable bonds is 9. The predicted octanol–water partition coefficient (Wildman–Crippen LogP) is 4.46. The van der Waals surface area contributed by atoms with E-state index in [0.29, 0.717) is 37.2 Å². The summed E-state index contributed by atoms with van der Waals surface area (Å²) in [5.41, 5.74) is 1.88. The van der Waals surface area contributed by atoms with Crippen molar-refractivity contribution in [3.8, 4) is 17.2 Å². The van der Waals surface area contributed by atoms with Crippen LogP contribution in [0.3, 0.4) is 0 Å². The van der Waals surface area contributed by atoms with E-state index < -0.39 is 0 Å². The third-order valence-corrected chi connectivity index (χ3v) is 3.73. The number of hydrogen-bond acceptors (Lipinski definition) is 4. The van der Waals surface area contributed by atoms with Crippen molar-refractivity contribution in [1.82, 2.24) is 5.32 Å². The molecule has 2 aromatic rings. The molecule has 7 heteroatoms. The zero-order valence-electron chi connectivity index (χ0n) is 16.5. The minimum Gasteiger partial charge on any atom is -0.493 e. The highest BCUT2D eigenvalue weighted by molar-refractivity contribution is 14.0. The highest BCUT2D eigenvalue weighted by atomic mass is 127. The SMILES string of the molecule is C=CCOc1ccccc1CNC(=NC)Nc1ccc(OC)c(OCC)c1.I. The van der Waals surface area contributed by atoms with Crippen molar-refractivity contribution < 1.29 is 14.2 Å². The maximum Gasteiger partial charge on any atom is 0.195 e. The van der Waals surface area contributed by atoms with Gasteiger partial charge in [-0.15, -0.1) is 24.0 Å². The molecule has 2 rings (SSSR count). The molecule has 2 aromatic carbocycles. The molecule has 0 aliphatic heterocycles. The second-order valence-electron chi connectivity index (χ2n) is 5.56. The van der Waals surface area contributed by atoms with Gasteiger partial charge < -0.3 is 24.8 Å². The molecule has 0 saturated carbocycles. The van der Waals surface area contributed by atoms with E-state index in [1.54, 1.807) is 20.2 Å².